The summed E-state index contributed by atoms with van der Waals surface area (Å²) in [5.41, 5.74) is 3.34. The van der Waals surface area contributed by atoms with E-state index >= 15 is 0 Å². The summed E-state index contributed by atoms with van der Waals surface area (Å²) >= 11 is -2.11. The fourth-order valence-electron chi connectivity index (χ4n) is 1.90. The first-order valence-corrected chi connectivity index (χ1v) is 7.12. The van der Waals surface area contributed by atoms with E-state index in [0.29, 0.717) is 5.56 Å². The second-order valence-corrected chi connectivity index (χ2v) is 5.23. The standard InChI is InChI=1S/C15H14O3S/c1-11-6-8-12(9-7-11)13-4-2-3-5-14(13)15(16)10-19(17)18/h2-9H,10H2,1H3,(H,17,18). The SMILES string of the molecule is Cc1ccc(-c2ccccc2C(=O)CS(=O)O)cc1. The zero-order valence-electron chi connectivity index (χ0n) is 10.5. The van der Waals surface area contributed by atoms with Gasteiger partial charge in [-0.25, -0.2) is 4.21 Å². The van der Waals surface area contributed by atoms with E-state index in [1.165, 1.54) is 0 Å². The van der Waals surface area contributed by atoms with Crippen molar-refractivity contribution in [3.63, 3.8) is 0 Å². The van der Waals surface area contributed by atoms with E-state index in [4.69, 9.17) is 4.55 Å². The summed E-state index contributed by atoms with van der Waals surface area (Å²) in [7, 11) is 0. The maximum absolute atomic E-state index is 12.0. The Labute approximate surface area is 114 Å². The highest BCUT2D eigenvalue weighted by Gasteiger charge is 2.14. The van der Waals surface area contributed by atoms with Crippen LogP contribution >= 0.6 is 0 Å². The topological polar surface area (TPSA) is 54.4 Å². The second-order valence-electron chi connectivity index (χ2n) is 4.30. The van der Waals surface area contributed by atoms with Gasteiger partial charge < -0.3 is 4.55 Å². The molecule has 2 aromatic rings. The normalized spacial score (nSPS) is 12.1. The van der Waals surface area contributed by atoms with Crippen molar-refractivity contribution >= 4 is 16.9 Å². The summed E-state index contributed by atoms with van der Waals surface area (Å²) < 4.78 is 19.6. The van der Waals surface area contributed by atoms with Crippen LogP contribution < -0.4 is 0 Å². The van der Waals surface area contributed by atoms with Crippen LogP contribution in [-0.2, 0) is 11.1 Å². The summed E-state index contributed by atoms with van der Waals surface area (Å²) in [6.07, 6.45) is 0. The highest BCUT2D eigenvalue weighted by atomic mass is 32.2. The Bertz CT molecular complexity index is 618. The minimum Gasteiger partial charge on any atom is -0.306 e. The number of carbonyl (C=O) groups excluding carboxylic acids is 1. The predicted molar refractivity (Wildman–Crippen MR) is 76.6 cm³/mol. The van der Waals surface area contributed by atoms with Crippen molar-refractivity contribution in [2.75, 3.05) is 5.75 Å². The van der Waals surface area contributed by atoms with Crippen molar-refractivity contribution in [3.8, 4) is 11.1 Å². The first-order valence-electron chi connectivity index (χ1n) is 5.84. The number of Topliss-reactive ketones (excluding diaryl/α,β-unsaturated/α-hetero) is 1. The summed E-state index contributed by atoms with van der Waals surface area (Å²) in [6, 6.07) is 15.0. The summed E-state index contributed by atoms with van der Waals surface area (Å²) in [5, 5.41) is 0. The van der Waals surface area contributed by atoms with E-state index < -0.39 is 11.1 Å². The van der Waals surface area contributed by atoms with Crippen molar-refractivity contribution in [1.29, 1.82) is 0 Å². The molecule has 0 fully saturated rings. The van der Waals surface area contributed by atoms with Crippen molar-refractivity contribution in [3.05, 3.63) is 59.7 Å². The van der Waals surface area contributed by atoms with Crippen molar-refractivity contribution in [1.82, 2.24) is 0 Å². The Hall–Kier alpha value is -1.78. The maximum atomic E-state index is 12.0. The van der Waals surface area contributed by atoms with Gasteiger partial charge in [-0.05, 0) is 18.1 Å². The lowest BCUT2D eigenvalue weighted by Gasteiger charge is -2.08. The largest absolute Gasteiger partial charge is 0.306 e. The molecule has 98 valence electrons. The van der Waals surface area contributed by atoms with Crippen LogP contribution in [-0.4, -0.2) is 20.3 Å². The smallest absolute Gasteiger partial charge is 0.178 e. The first-order chi connectivity index (χ1) is 9.08. The van der Waals surface area contributed by atoms with E-state index in [-0.39, 0.29) is 11.5 Å². The molecule has 1 unspecified atom stereocenters. The monoisotopic (exact) mass is 274 g/mol. The van der Waals surface area contributed by atoms with Gasteiger partial charge in [0, 0.05) is 5.56 Å². The molecule has 0 aliphatic rings. The Kier molecular flexibility index (Phi) is 4.24. The number of benzene rings is 2. The molecule has 0 aliphatic heterocycles. The molecule has 0 saturated carbocycles. The van der Waals surface area contributed by atoms with Crippen LogP contribution in [0.4, 0.5) is 0 Å². The molecule has 4 heteroatoms. The molecule has 0 radical (unpaired) electrons. The van der Waals surface area contributed by atoms with E-state index in [0.717, 1.165) is 16.7 Å². The molecule has 0 bridgehead atoms. The number of carbonyl (C=O) groups is 1. The summed E-state index contributed by atoms with van der Waals surface area (Å²) in [6.45, 7) is 2.00. The molecule has 3 nitrogen and oxygen atoms in total. The third kappa shape index (κ3) is 3.36. The molecule has 2 aromatic carbocycles. The van der Waals surface area contributed by atoms with Gasteiger partial charge >= 0.3 is 0 Å². The molecule has 0 amide bonds. The van der Waals surface area contributed by atoms with Gasteiger partial charge in [0.15, 0.2) is 16.9 Å². The minimum atomic E-state index is -2.11. The van der Waals surface area contributed by atoms with E-state index in [2.05, 4.69) is 0 Å². The van der Waals surface area contributed by atoms with Crippen LogP contribution in [0.25, 0.3) is 11.1 Å². The fourth-order valence-corrected chi connectivity index (χ4v) is 2.28. The first kappa shape index (κ1) is 13.6. The number of aryl methyl sites for hydroxylation is 1. The van der Waals surface area contributed by atoms with E-state index in [1.807, 2.05) is 43.3 Å². The van der Waals surface area contributed by atoms with Gasteiger partial charge in [-0.15, -0.1) is 0 Å². The van der Waals surface area contributed by atoms with Crippen LogP contribution in [0.3, 0.4) is 0 Å². The average Bonchev–Trinajstić information content (AvgIpc) is 2.39. The molecule has 19 heavy (non-hydrogen) atoms. The van der Waals surface area contributed by atoms with Crippen LogP contribution in [0.15, 0.2) is 48.5 Å². The Morgan fingerprint density at radius 1 is 1.11 bits per heavy atom. The third-order valence-electron chi connectivity index (χ3n) is 2.84. The van der Waals surface area contributed by atoms with Crippen molar-refractivity contribution in [2.24, 2.45) is 0 Å². The number of hydrogen-bond donors (Lipinski definition) is 1. The van der Waals surface area contributed by atoms with Gasteiger partial charge in [0.2, 0.25) is 0 Å². The lowest BCUT2D eigenvalue weighted by Crippen LogP contribution is -2.11. The number of ketones is 1. The highest BCUT2D eigenvalue weighted by Crippen LogP contribution is 2.24. The molecule has 0 heterocycles. The van der Waals surface area contributed by atoms with Crippen LogP contribution in [0.2, 0.25) is 0 Å². The Morgan fingerprint density at radius 2 is 1.74 bits per heavy atom. The lowest BCUT2D eigenvalue weighted by molar-refractivity contribution is 0.102. The van der Waals surface area contributed by atoms with Crippen LogP contribution in [0.5, 0.6) is 0 Å². The highest BCUT2D eigenvalue weighted by molar-refractivity contribution is 7.80. The van der Waals surface area contributed by atoms with Crippen molar-refractivity contribution < 1.29 is 13.6 Å². The fraction of sp³-hybridized carbons (Fsp3) is 0.133. The van der Waals surface area contributed by atoms with E-state index in [1.54, 1.807) is 12.1 Å². The van der Waals surface area contributed by atoms with Gasteiger partial charge in [0.1, 0.15) is 5.75 Å². The maximum Gasteiger partial charge on any atom is 0.178 e. The predicted octanol–water partition coefficient (Wildman–Crippen LogP) is 3.07. The molecule has 0 aromatic heterocycles. The molecule has 0 aliphatic carbocycles. The van der Waals surface area contributed by atoms with Gasteiger partial charge in [0.25, 0.3) is 0 Å². The van der Waals surface area contributed by atoms with Gasteiger partial charge in [0.05, 0.1) is 0 Å². The lowest BCUT2D eigenvalue weighted by atomic mass is 9.97. The summed E-state index contributed by atoms with van der Waals surface area (Å²) in [4.78, 5) is 12.0. The molecule has 0 spiro atoms. The minimum absolute atomic E-state index is 0.322. The van der Waals surface area contributed by atoms with Crippen LogP contribution in [0, 0.1) is 6.92 Å². The Balaban J connectivity index is 2.44. The molecular formula is C15H14O3S. The average molecular weight is 274 g/mol. The molecule has 1 N–H and O–H groups in total. The molecule has 0 saturated heterocycles. The quantitative estimate of drug-likeness (QED) is 0.688. The van der Waals surface area contributed by atoms with Crippen molar-refractivity contribution in [2.45, 2.75) is 6.92 Å². The van der Waals surface area contributed by atoms with Crippen LogP contribution in [0.1, 0.15) is 15.9 Å². The van der Waals surface area contributed by atoms with E-state index in [9.17, 15) is 9.00 Å². The number of rotatable bonds is 4. The number of hydrogen-bond acceptors (Lipinski definition) is 2. The van der Waals surface area contributed by atoms with Gasteiger partial charge in [-0.1, -0.05) is 54.1 Å². The van der Waals surface area contributed by atoms with Gasteiger partial charge in [-0.2, -0.15) is 0 Å². The molecular weight excluding hydrogens is 260 g/mol. The molecule has 2 rings (SSSR count). The molecule has 1 atom stereocenters. The zero-order valence-corrected chi connectivity index (χ0v) is 11.3. The second kappa shape index (κ2) is 5.91. The Morgan fingerprint density at radius 3 is 2.37 bits per heavy atom. The third-order valence-corrected chi connectivity index (χ3v) is 3.35. The van der Waals surface area contributed by atoms with Gasteiger partial charge in [-0.3, -0.25) is 4.79 Å². The summed E-state index contributed by atoms with van der Waals surface area (Å²) in [5.74, 6) is -0.694. The zero-order chi connectivity index (χ0) is 13.8.